The van der Waals surface area contributed by atoms with Crippen LogP contribution in [-0.4, -0.2) is 31.3 Å². The van der Waals surface area contributed by atoms with Crippen LogP contribution in [0.2, 0.25) is 0 Å². The normalized spacial score (nSPS) is 11.8. The summed E-state index contributed by atoms with van der Waals surface area (Å²) in [5.74, 6) is 0.117. The van der Waals surface area contributed by atoms with Crippen LogP contribution in [0.3, 0.4) is 0 Å². The van der Waals surface area contributed by atoms with Crippen molar-refractivity contribution in [3.8, 4) is 0 Å². The van der Waals surface area contributed by atoms with Crippen molar-refractivity contribution in [1.82, 2.24) is 4.57 Å². The number of aryl methyl sites for hydroxylation is 1. The molecule has 2 aromatic rings. The number of nitrogens with zero attached hydrogens (tertiary/aromatic N) is 1. The molecule has 0 saturated carbocycles. The average Bonchev–Trinajstić information content (AvgIpc) is 2.67. The van der Waals surface area contributed by atoms with Gasteiger partial charge in [-0.3, -0.25) is 4.79 Å². The van der Waals surface area contributed by atoms with Crippen LogP contribution in [-0.2, 0) is 16.4 Å². The van der Waals surface area contributed by atoms with Gasteiger partial charge in [-0.15, -0.1) is 0 Å². The SMILES string of the molecule is CS(=O)(=O)CCn1ccc2cc(C=O)ccc21. The van der Waals surface area contributed by atoms with Gasteiger partial charge in [0.25, 0.3) is 0 Å². The molecule has 5 heteroatoms. The molecule has 0 aliphatic heterocycles. The minimum atomic E-state index is -2.96. The van der Waals surface area contributed by atoms with Gasteiger partial charge in [-0.25, -0.2) is 8.42 Å². The Labute approximate surface area is 99.8 Å². The number of carbonyl (C=O) groups is 1. The van der Waals surface area contributed by atoms with E-state index < -0.39 is 9.84 Å². The highest BCUT2D eigenvalue weighted by Crippen LogP contribution is 2.17. The zero-order chi connectivity index (χ0) is 12.5. The maximum absolute atomic E-state index is 11.1. The first-order chi connectivity index (χ1) is 7.99. The van der Waals surface area contributed by atoms with E-state index in [9.17, 15) is 13.2 Å². The number of sulfone groups is 1. The van der Waals surface area contributed by atoms with Crippen LogP contribution in [0.1, 0.15) is 10.4 Å². The Hall–Kier alpha value is -1.62. The van der Waals surface area contributed by atoms with E-state index in [2.05, 4.69) is 0 Å². The van der Waals surface area contributed by atoms with Crippen LogP contribution < -0.4 is 0 Å². The highest BCUT2D eigenvalue weighted by Gasteiger charge is 2.05. The molecule has 1 aromatic heterocycles. The second kappa shape index (κ2) is 4.33. The van der Waals surface area contributed by atoms with E-state index in [4.69, 9.17) is 0 Å². The summed E-state index contributed by atoms with van der Waals surface area (Å²) in [6.45, 7) is 0.433. The van der Waals surface area contributed by atoms with E-state index >= 15 is 0 Å². The molecule has 0 saturated heterocycles. The number of benzene rings is 1. The summed E-state index contributed by atoms with van der Waals surface area (Å²) >= 11 is 0. The summed E-state index contributed by atoms with van der Waals surface area (Å²) in [7, 11) is -2.96. The summed E-state index contributed by atoms with van der Waals surface area (Å²) in [6.07, 6.45) is 3.86. The van der Waals surface area contributed by atoms with Crippen LogP contribution in [0, 0.1) is 0 Å². The van der Waals surface area contributed by atoms with Gasteiger partial charge in [-0.05, 0) is 24.3 Å². The van der Waals surface area contributed by atoms with E-state index in [1.807, 2.05) is 22.9 Å². The fraction of sp³-hybridized carbons (Fsp3) is 0.250. The third kappa shape index (κ3) is 2.74. The molecule has 0 unspecified atom stereocenters. The molecule has 0 aliphatic rings. The van der Waals surface area contributed by atoms with Crippen LogP contribution >= 0.6 is 0 Å². The van der Waals surface area contributed by atoms with E-state index in [0.29, 0.717) is 12.1 Å². The number of hydrogen-bond donors (Lipinski definition) is 0. The van der Waals surface area contributed by atoms with E-state index in [1.165, 1.54) is 6.26 Å². The predicted molar refractivity (Wildman–Crippen MR) is 67.0 cm³/mol. The molecule has 0 fully saturated rings. The van der Waals surface area contributed by atoms with Crippen LogP contribution in [0.25, 0.3) is 10.9 Å². The van der Waals surface area contributed by atoms with Gasteiger partial charge in [0.15, 0.2) is 0 Å². The molecule has 1 aromatic carbocycles. The quantitative estimate of drug-likeness (QED) is 0.774. The second-order valence-electron chi connectivity index (χ2n) is 4.08. The van der Waals surface area contributed by atoms with Gasteiger partial charge in [0.2, 0.25) is 0 Å². The highest BCUT2D eigenvalue weighted by atomic mass is 32.2. The Morgan fingerprint density at radius 3 is 2.71 bits per heavy atom. The van der Waals surface area contributed by atoms with Crippen molar-refractivity contribution < 1.29 is 13.2 Å². The first-order valence-corrected chi connectivity index (χ1v) is 7.27. The van der Waals surface area contributed by atoms with Crippen LogP contribution in [0.5, 0.6) is 0 Å². The van der Waals surface area contributed by atoms with Crippen molar-refractivity contribution in [2.45, 2.75) is 6.54 Å². The summed E-state index contributed by atoms with van der Waals surface area (Å²) in [4.78, 5) is 10.6. The maximum atomic E-state index is 11.1. The lowest BCUT2D eigenvalue weighted by atomic mass is 10.2. The molecule has 90 valence electrons. The molecule has 0 atom stereocenters. The van der Waals surface area contributed by atoms with Gasteiger partial charge in [-0.1, -0.05) is 0 Å². The highest BCUT2D eigenvalue weighted by molar-refractivity contribution is 7.90. The fourth-order valence-electron chi connectivity index (χ4n) is 1.75. The Morgan fingerprint density at radius 1 is 1.29 bits per heavy atom. The Balaban J connectivity index is 2.33. The monoisotopic (exact) mass is 251 g/mol. The van der Waals surface area contributed by atoms with Gasteiger partial charge in [-0.2, -0.15) is 0 Å². The molecule has 0 bridgehead atoms. The maximum Gasteiger partial charge on any atom is 0.150 e. The summed E-state index contributed by atoms with van der Waals surface area (Å²) < 4.78 is 24.1. The Kier molecular flexibility index (Phi) is 3.02. The largest absolute Gasteiger partial charge is 0.346 e. The van der Waals surface area contributed by atoms with Gasteiger partial charge in [0, 0.05) is 35.5 Å². The first-order valence-electron chi connectivity index (χ1n) is 5.21. The number of hydrogen-bond acceptors (Lipinski definition) is 3. The van der Waals surface area contributed by atoms with Gasteiger partial charge in [0.05, 0.1) is 5.75 Å². The van der Waals surface area contributed by atoms with E-state index in [0.717, 1.165) is 17.2 Å². The van der Waals surface area contributed by atoms with Crippen molar-refractivity contribution in [3.05, 3.63) is 36.0 Å². The van der Waals surface area contributed by atoms with Gasteiger partial charge in [0.1, 0.15) is 16.1 Å². The lowest BCUT2D eigenvalue weighted by molar-refractivity contribution is 0.112. The summed E-state index contributed by atoms with van der Waals surface area (Å²) in [6, 6.07) is 7.23. The van der Waals surface area contributed by atoms with Crippen molar-refractivity contribution in [2.75, 3.05) is 12.0 Å². The third-order valence-electron chi connectivity index (χ3n) is 2.63. The van der Waals surface area contributed by atoms with Crippen LogP contribution in [0.4, 0.5) is 0 Å². The first kappa shape index (κ1) is 11.9. The molecule has 0 radical (unpaired) electrons. The van der Waals surface area contributed by atoms with Crippen molar-refractivity contribution in [1.29, 1.82) is 0 Å². The molecule has 1 heterocycles. The number of aldehydes is 1. The molecule has 2 rings (SSSR count). The topological polar surface area (TPSA) is 56.1 Å². The third-order valence-corrected chi connectivity index (χ3v) is 3.56. The minimum absolute atomic E-state index is 0.117. The molecule has 0 spiro atoms. The lowest BCUT2D eigenvalue weighted by Crippen LogP contribution is -2.10. The Morgan fingerprint density at radius 2 is 2.06 bits per heavy atom. The Bertz CT molecular complexity index is 655. The van der Waals surface area contributed by atoms with Crippen molar-refractivity contribution in [2.24, 2.45) is 0 Å². The fourth-order valence-corrected chi connectivity index (χ4v) is 2.28. The van der Waals surface area contributed by atoms with Gasteiger partial charge < -0.3 is 4.57 Å². The smallest absolute Gasteiger partial charge is 0.150 e. The van der Waals surface area contributed by atoms with E-state index in [-0.39, 0.29) is 5.75 Å². The number of rotatable bonds is 4. The molecule has 0 aliphatic carbocycles. The zero-order valence-corrected chi connectivity index (χ0v) is 10.3. The van der Waals surface area contributed by atoms with Gasteiger partial charge >= 0.3 is 0 Å². The average molecular weight is 251 g/mol. The number of aromatic nitrogens is 1. The van der Waals surface area contributed by atoms with Crippen molar-refractivity contribution >= 4 is 27.0 Å². The number of fused-ring (bicyclic) bond motifs is 1. The molecular weight excluding hydrogens is 238 g/mol. The number of carbonyl (C=O) groups excluding carboxylic acids is 1. The summed E-state index contributed by atoms with van der Waals surface area (Å²) in [5, 5.41) is 0.947. The molecule has 17 heavy (non-hydrogen) atoms. The zero-order valence-electron chi connectivity index (χ0n) is 9.46. The lowest BCUT2D eigenvalue weighted by Gasteiger charge is -2.04. The van der Waals surface area contributed by atoms with Crippen molar-refractivity contribution in [3.63, 3.8) is 0 Å². The summed E-state index contributed by atoms with van der Waals surface area (Å²) in [5.41, 5.74) is 1.57. The van der Waals surface area contributed by atoms with E-state index in [1.54, 1.807) is 12.1 Å². The standard InChI is InChI=1S/C12H13NO3S/c1-17(15,16)7-6-13-5-4-11-8-10(9-14)2-3-12(11)13/h2-5,8-9H,6-7H2,1H3. The van der Waals surface area contributed by atoms with Crippen LogP contribution in [0.15, 0.2) is 30.5 Å². The second-order valence-corrected chi connectivity index (χ2v) is 6.33. The molecular formula is C12H13NO3S. The predicted octanol–water partition coefficient (Wildman–Crippen LogP) is 1.50. The molecule has 4 nitrogen and oxygen atoms in total. The molecule has 0 amide bonds. The molecule has 0 N–H and O–H groups in total. The minimum Gasteiger partial charge on any atom is -0.346 e.